The highest BCUT2D eigenvalue weighted by atomic mass is 16.6. The minimum atomic E-state index is -0.377. The summed E-state index contributed by atoms with van der Waals surface area (Å²) >= 11 is 0. The molecule has 2 aromatic rings. The van der Waals surface area contributed by atoms with Gasteiger partial charge in [0.15, 0.2) is 0 Å². The summed E-state index contributed by atoms with van der Waals surface area (Å²) in [6.07, 6.45) is 3.27. The van der Waals surface area contributed by atoms with E-state index in [0.29, 0.717) is 18.1 Å². The number of nitro benzene ring substituents is 1. The van der Waals surface area contributed by atoms with E-state index in [9.17, 15) is 10.1 Å². The summed E-state index contributed by atoms with van der Waals surface area (Å²) in [5.74, 6) is 0.503. The van der Waals surface area contributed by atoms with Crippen molar-refractivity contribution in [3.8, 4) is 0 Å². The molecule has 0 radical (unpaired) electrons. The molecule has 0 saturated heterocycles. The van der Waals surface area contributed by atoms with Gasteiger partial charge in [0.2, 0.25) is 5.95 Å². The molecule has 0 atom stereocenters. The maximum atomic E-state index is 10.8. The van der Waals surface area contributed by atoms with E-state index in [-0.39, 0.29) is 10.6 Å². The third kappa shape index (κ3) is 2.60. The Morgan fingerprint density at radius 3 is 2.67 bits per heavy atom. The van der Waals surface area contributed by atoms with Crippen molar-refractivity contribution >= 4 is 11.6 Å². The summed E-state index contributed by atoms with van der Waals surface area (Å²) in [6.45, 7) is 2.19. The maximum absolute atomic E-state index is 10.8. The molecule has 1 N–H and O–H groups in total. The number of aromatic nitrogens is 2. The minimum Gasteiger partial charge on any atom is -0.350 e. The Morgan fingerprint density at radius 2 is 2.00 bits per heavy atom. The zero-order valence-corrected chi connectivity index (χ0v) is 9.83. The molecule has 0 bridgehead atoms. The number of nitrogens with zero attached hydrogens (tertiary/aromatic N) is 3. The molecular formula is C12H12N4O2. The molecule has 0 amide bonds. The molecule has 6 nitrogen and oxygen atoms in total. The van der Waals surface area contributed by atoms with E-state index < -0.39 is 0 Å². The van der Waals surface area contributed by atoms with E-state index in [1.54, 1.807) is 31.5 Å². The van der Waals surface area contributed by atoms with Gasteiger partial charge < -0.3 is 5.32 Å². The van der Waals surface area contributed by atoms with E-state index in [0.717, 1.165) is 5.56 Å². The molecule has 0 aliphatic carbocycles. The van der Waals surface area contributed by atoms with Gasteiger partial charge in [-0.15, -0.1) is 0 Å². The SMILES string of the molecule is Cc1c(CNc2ncccn2)cccc1[N+](=O)[O-]. The average molecular weight is 244 g/mol. The number of nitrogens with one attached hydrogen (secondary N) is 1. The number of hydrogen-bond donors (Lipinski definition) is 1. The smallest absolute Gasteiger partial charge is 0.272 e. The van der Waals surface area contributed by atoms with E-state index >= 15 is 0 Å². The van der Waals surface area contributed by atoms with Crippen molar-refractivity contribution in [1.82, 2.24) is 9.97 Å². The molecule has 92 valence electrons. The van der Waals surface area contributed by atoms with Gasteiger partial charge in [-0.05, 0) is 18.6 Å². The second kappa shape index (κ2) is 5.22. The average Bonchev–Trinajstić information content (AvgIpc) is 2.38. The molecular weight excluding hydrogens is 232 g/mol. The molecule has 18 heavy (non-hydrogen) atoms. The van der Waals surface area contributed by atoms with Gasteiger partial charge in [-0.25, -0.2) is 9.97 Å². The predicted octanol–water partition coefficient (Wildman–Crippen LogP) is 2.31. The summed E-state index contributed by atoms with van der Waals surface area (Å²) in [5.41, 5.74) is 1.64. The normalized spacial score (nSPS) is 10.1. The van der Waals surface area contributed by atoms with Crippen LogP contribution in [-0.2, 0) is 6.54 Å². The van der Waals surface area contributed by atoms with Crippen LogP contribution >= 0.6 is 0 Å². The van der Waals surface area contributed by atoms with Gasteiger partial charge >= 0.3 is 0 Å². The Hall–Kier alpha value is -2.50. The molecule has 0 spiro atoms. The summed E-state index contributed by atoms with van der Waals surface area (Å²) in [4.78, 5) is 18.5. The lowest BCUT2D eigenvalue weighted by atomic mass is 10.1. The highest BCUT2D eigenvalue weighted by Gasteiger charge is 2.12. The van der Waals surface area contributed by atoms with E-state index in [2.05, 4.69) is 15.3 Å². The number of hydrogen-bond acceptors (Lipinski definition) is 5. The fourth-order valence-electron chi connectivity index (χ4n) is 1.62. The first-order chi connectivity index (χ1) is 8.68. The van der Waals surface area contributed by atoms with Gasteiger partial charge in [0.1, 0.15) is 0 Å². The van der Waals surface area contributed by atoms with Crippen molar-refractivity contribution in [1.29, 1.82) is 0 Å². The van der Waals surface area contributed by atoms with Crippen LogP contribution in [0.5, 0.6) is 0 Å². The standard InChI is InChI=1S/C12H12N4O2/c1-9-10(4-2-5-11(9)16(17)18)8-15-12-13-6-3-7-14-12/h2-7H,8H2,1H3,(H,13,14,15). The monoisotopic (exact) mass is 244 g/mol. The van der Waals surface area contributed by atoms with Gasteiger partial charge in [-0.3, -0.25) is 10.1 Å². The lowest BCUT2D eigenvalue weighted by Gasteiger charge is -2.07. The van der Waals surface area contributed by atoms with E-state index in [4.69, 9.17) is 0 Å². The second-order valence-corrected chi connectivity index (χ2v) is 3.74. The molecule has 1 heterocycles. The van der Waals surface area contributed by atoms with Crippen molar-refractivity contribution in [2.24, 2.45) is 0 Å². The van der Waals surface area contributed by atoms with Gasteiger partial charge in [-0.2, -0.15) is 0 Å². The first kappa shape index (κ1) is 12.0. The van der Waals surface area contributed by atoms with Gasteiger partial charge in [0.25, 0.3) is 5.69 Å². The lowest BCUT2D eigenvalue weighted by molar-refractivity contribution is -0.385. The molecule has 1 aromatic heterocycles. The van der Waals surface area contributed by atoms with Crippen LogP contribution in [-0.4, -0.2) is 14.9 Å². The van der Waals surface area contributed by atoms with Crippen LogP contribution in [0.15, 0.2) is 36.7 Å². The van der Waals surface area contributed by atoms with Crippen molar-refractivity contribution in [3.05, 3.63) is 57.9 Å². The molecule has 0 aliphatic rings. The lowest BCUT2D eigenvalue weighted by Crippen LogP contribution is -2.05. The summed E-state index contributed by atoms with van der Waals surface area (Å²) in [6, 6.07) is 6.74. The number of rotatable bonds is 4. The van der Waals surface area contributed by atoms with Crippen LogP contribution in [0.1, 0.15) is 11.1 Å². The Balaban J connectivity index is 2.15. The second-order valence-electron chi connectivity index (χ2n) is 3.74. The molecule has 1 aromatic carbocycles. The topological polar surface area (TPSA) is 81.0 Å². The van der Waals surface area contributed by atoms with Crippen molar-refractivity contribution in [2.75, 3.05) is 5.32 Å². The van der Waals surface area contributed by atoms with Crippen molar-refractivity contribution < 1.29 is 4.92 Å². The zero-order chi connectivity index (χ0) is 13.0. The Kier molecular flexibility index (Phi) is 3.47. The Bertz CT molecular complexity index is 557. The van der Waals surface area contributed by atoms with Gasteiger partial charge in [-0.1, -0.05) is 12.1 Å². The Labute approximate surface area is 104 Å². The quantitative estimate of drug-likeness (QED) is 0.659. The predicted molar refractivity (Wildman–Crippen MR) is 67.2 cm³/mol. The van der Waals surface area contributed by atoms with Crippen LogP contribution in [0.4, 0.5) is 11.6 Å². The molecule has 0 aliphatic heterocycles. The largest absolute Gasteiger partial charge is 0.350 e. The Morgan fingerprint density at radius 1 is 1.28 bits per heavy atom. The first-order valence-corrected chi connectivity index (χ1v) is 5.42. The molecule has 0 unspecified atom stereocenters. The van der Waals surface area contributed by atoms with Gasteiger partial charge in [0, 0.05) is 30.6 Å². The van der Waals surface area contributed by atoms with Crippen LogP contribution in [0.2, 0.25) is 0 Å². The number of anilines is 1. The summed E-state index contributed by atoms with van der Waals surface area (Å²) in [5, 5.41) is 13.8. The van der Waals surface area contributed by atoms with Crippen molar-refractivity contribution in [3.63, 3.8) is 0 Å². The van der Waals surface area contributed by atoms with Crippen LogP contribution in [0, 0.1) is 17.0 Å². The highest BCUT2D eigenvalue weighted by molar-refractivity contribution is 5.45. The fourth-order valence-corrected chi connectivity index (χ4v) is 1.62. The van der Waals surface area contributed by atoms with Crippen LogP contribution in [0.3, 0.4) is 0 Å². The summed E-state index contributed by atoms with van der Waals surface area (Å²) < 4.78 is 0. The minimum absolute atomic E-state index is 0.128. The van der Waals surface area contributed by atoms with Crippen LogP contribution in [0.25, 0.3) is 0 Å². The van der Waals surface area contributed by atoms with E-state index in [1.807, 2.05) is 6.07 Å². The third-order valence-electron chi connectivity index (χ3n) is 2.62. The maximum Gasteiger partial charge on any atom is 0.272 e. The highest BCUT2D eigenvalue weighted by Crippen LogP contribution is 2.21. The van der Waals surface area contributed by atoms with Gasteiger partial charge in [0.05, 0.1) is 4.92 Å². The van der Waals surface area contributed by atoms with Crippen LogP contribution < -0.4 is 5.32 Å². The number of nitro groups is 1. The molecule has 6 heteroatoms. The number of benzene rings is 1. The fraction of sp³-hybridized carbons (Fsp3) is 0.167. The molecule has 0 saturated carbocycles. The summed E-state index contributed by atoms with van der Waals surface area (Å²) in [7, 11) is 0. The molecule has 2 rings (SSSR count). The zero-order valence-electron chi connectivity index (χ0n) is 9.83. The third-order valence-corrected chi connectivity index (χ3v) is 2.62. The van der Waals surface area contributed by atoms with Crippen molar-refractivity contribution in [2.45, 2.75) is 13.5 Å². The first-order valence-electron chi connectivity index (χ1n) is 5.42. The van der Waals surface area contributed by atoms with E-state index in [1.165, 1.54) is 6.07 Å². The molecule has 0 fully saturated rings.